The van der Waals surface area contributed by atoms with Crippen LogP contribution in [0.3, 0.4) is 0 Å². The van der Waals surface area contributed by atoms with Gasteiger partial charge in [0.25, 0.3) is 0 Å². The van der Waals surface area contributed by atoms with Crippen LogP contribution in [0.15, 0.2) is 59.2 Å². The van der Waals surface area contributed by atoms with Gasteiger partial charge in [-0.05, 0) is 36.4 Å². The second-order valence-corrected chi connectivity index (χ2v) is 5.50. The smallest absolute Gasteiger partial charge is 0.123 e. The Labute approximate surface area is 129 Å². The van der Waals surface area contributed by atoms with Gasteiger partial charge in [-0.3, -0.25) is 0 Å². The molecule has 0 amide bonds. The molecular weight excluding hydrogens is 335 g/mol. The summed E-state index contributed by atoms with van der Waals surface area (Å²) in [6.07, 6.45) is 1.75. The van der Waals surface area contributed by atoms with E-state index in [2.05, 4.69) is 21.0 Å². The molecule has 3 aromatic rings. The van der Waals surface area contributed by atoms with Crippen LogP contribution in [0.25, 0.3) is 16.9 Å². The fourth-order valence-corrected chi connectivity index (χ4v) is 2.37. The lowest BCUT2D eigenvalue weighted by molar-refractivity contribution is 0.282. The standard InChI is InChI=1S/C16H12BrFN2O/c17-13-3-1-11(2-4-13)16-12(10-21)9-20(19-16)15-7-5-14(18)6-8-15/h1-9,21H,10H2. The lowest BCUT2D eigenvalue weighted by Crippen LogP contribution is -1.94. The third-order valence-corrected chi connectivity index (χ3v) is 3.70. The van der Waals surface area contributed by atoms with Gasteiger partial charge in [-0.15, -0.1) is 0 Å². The third kappa shape index (κ3) is 2.89. The van der Waals surface area contributed by atoms with Gasteiger partial charge >= 0.3 is 0 Å². The predicted octanol–water partition coefficient (Wildman–Crippen LogP) is 3.93. The van der Waals surface area contributed by atoms with E-state index in [0.29, 0.717) is 5.69 Å². The second kappa shape index (κ2) is 5.79. The Morgan fingerprint density at radius 1 is 1.05 bits per heavy atom. The molecule has 0 fully saturated rings. The molecule has 0 unspecified atom stereocenters. The largest absolute Gasteiger partial charge is 0.392 e. The fourth-order valence-electron chi connectivity index (χ4n) is 2.10. The minimum absolute atomic E-state index is 0.105. The van der Waals surface area contributed by atoms with Crippen LogP contribution in [0, 0.1) is 5.82 Å². The fraction of sp³-hybridized carbons (Fsp3) is 0.0625. The molecule has 0 radical (unpaired) electrons. The summed E-state index contributed by atoms with van der Waals surface area (Å²) in [5, 5.41) is 14.0. The lowest BCUT2D eigenvalue weighted by Gasteiger charge is -2.01. The Bertz CT molecular complexity index is 751. The average Bonchev–Trinajstić information content (AvgIpc) is 2.93. The van der Waals surface area contributed by atoms with Gasteiger partial charge in [-0.1, -0.05) is 28.1 Å². The van der Waals surface area contributed by atoms with Crippen molar-refractivity contribution in [3.05, 3.63) is 70.6 Å². The number of aliphatic hydroxyl groups is 1. The van der Waals surface area contributed by atoms with E-state index >= 15 is 0 Å². The van der Waals surface area contributed by atoms with Crippen LogP contribution in [0.4, 0.5) is 4.39 Å². The molecular formula is C16H12BrFN2O. The SMILES string of the molecule is OCc1cn(-c2ccc(F)cc2)nc1-c1ccc(Br)cc1. The van der Waals surface area contributed by atoms with E-state index < -0.39 is 0 Å². The number of hydrogen-bond donors (Lipinski definition) is 1. The molecule has 1 heterocycles. The highest BCUT2D eigenvalue weighted by Gasteiger charge is 2.11. The van der Waals surface area contributed by atoms with E-state index in [9.17, 15) is 9.50 Å². The summed E-state index contributed by atoms with van der Waals surface area (Å²) in [5.41, 5.74) is 3.11. The summed E-state index contributed by atoms with van der Waals surface area (Å²) in [4.78, 5) is 0. The summed E-state index contributed by atoms with van der Waals surface area (Å²) in [5.74, 6) is -0.290. The lowest BCUT2D eigenvalue weighted by atomic mass is 10.1. The Balaban J connectivity index is 2.05. The van der Waals surface area contributed by atoms with Gasteiger partial charge in [0.2, 0.25) is 0 Å². The molecule has 0 saturated heterocycles. The number of halogens is 2. The van der Waals surface area contributed by atoms with Gasteiger partial charge in [0.15, 0.2) is 0 Å². The molecule has 0 aliphatic carbocycles. The molecule has 1 N–H and O–H groups in total. The quantitative estimate of drug-likeness (QED) is 0.780. The first-order valence-electron chi connectivity index (χ1n) is 6.38. The molecule has 0 spiro atoms. The van der Waals surface area contributed by atoms with Gasteiger partial charge in [-0.25, -0.2) is 9.07 Å². The van der Waals surface area contributed by atoms with Gasteiger partial charge in [0, 0.05) is 21.8 Å². The first-order valence-corrected chi connectivity index (χ1v) is 7.18. The van der Waals surface area contributed by atoms with E-state index in [4.69, 9.17) is 0 Å². The first kappa shape index (κ1) is 14.0. The van der Waals surface area contributed by atoms with Crippen LogP contribution < -0.4 is 0 Å². The van der Waals surface area contributed by atoms with Crippen molar-refractivity contribution in [2.45, 2.75) is 6.61 Å². The van der Waals surface area contributed by atoms with E-state index in [1.165, 1.54) is 12.1 Å². The molecule has 106 valence electrons. The van der Waals surface area contributed by atoms with E-state index in [0.717, 1.165) is 21.3 Å². The number of nitrogens with zero attached hydrogens (tertiary/aromatic N) is 2. The van der Waals surface area contributed by atoms with Gasteiger partial charge < -0.3 is 5.11 Å². The zero-order valence-corrected chi connectivity index (χ0v) is 12.6. The van der Waals surface area contributed by atoms with E-state index in [-0.39, 0.29) is 12.4 Å². The van der Waals surface area contributed by atoms with Crippen LogP contribution in [0.2, 0.25) is 0 Å². The molecule has 0 bridgehead atoms. The molecule has 0 aliphatic rings. The Morgan fingerprint density at radius 3 is 2.33 bits per heavy atom. The maximum Gasteiger partial charge on any atom is 0.123 e. The Morgan fingerprint density at radius 2 is 1.71 bits per heavy atom. The van der Waals surface area contributed by atoms with Crippen LogP contribution in [0.1, 0.15) is 5.56 Å². The monoisotopic (exact) mass is 346 g/mol. The van der Waals surface area contributed by atoms with Gasteiger partial charge in [0.05, 0.1) is 18.0 Å². The average molecular weight is 347 g/mol. The predicted molar refractivity (Wildman–Crippen MR) is 82.6 cm³/mol. The van der Waals surface area contributed by atoms with Crippen molar-refractivity contribution in [2.24, 2.45) is 0 Å². The molecule has 0 saturated carbocycles. The van der Waals surface area contributed by atoms with Crippen molar-refractivity contribution in [1.82, 2.24) is 9.78 Å². The van der Waals surface area contributed by atoms with Crippen molar-refractivity contribution in [2.75, 3.05) is 0 Å². The minimum Gasteiger partial charge on any atom is -0.392 e. The van der Waals surface area contributed by atoms with Crippen molar-refractivity contribution < 1.29 is 9.50 Å². The molecule has 3 nitrogen and oxygen atoms in total. The zero-order chi connectivity index (χ0) is 14.8. The molecule has 5 heteroatoms. The highest BCUT2D eigenvalue weighted by Crippen LogP contribution is 2.25. The molecule has 0 aliphatic heterocycles. The maximum absolute atomic E-state index is 13.0. The summed E-state index contributed by atoms with van der Waals surface area (Å²) in [6.45, 7) is -0.105. The number of aliphatic hydroxyl groups excluding tert-OH is 1. The highest BCUT2D eigenvalue weighted by molar-refractivity contribution is 9.10. The van der Waals surface area contributed by atoms with Gasteiger partial charge in [0.1, 0.15) is 5.82 Å². The van der Waals surface area contributed by atoms with E-state index in [1.54, 1.807) is 23.0 Å². The second-order valence-electron chi connectivity index (χ2n) is 4.59. The summed E-state index contributed by atoms with van der Waals surface area (Å²) < 4.78 is 15.6. The maximum atomic E-state index is 13.0. The van der Waals surface area contributed by atoms with Crippen molar-refractivity contribution >= 4 is 15.9 Å². The minimum atomic E-state index is -0.290. The molecule has 3 rings (SSSR count). The Hall–Kier alpha value is -1.98. The topological polar surface area (TPSA) is 38.0 Å². The molecule has 21 heavy (non-hydrogen) atoms. The van der Waals surface area contributed by atoms with Gasteiger partial charge in [-0.2, -0.15) is 5.10 Å². The number of benzene rings is 2. The van der Waals surface area contributed by atoms with Crippen LogP contribution in [-0.4, -0.2) is 14.9 Å². The zero-order valence-electron chi connectivity index (χ0n) is 11.0. The first-order chi connectivity index (χ1) is 10.2. The van der Waals surface area contributed by atoms with Crippen LogP contribution >= 0.6 is 15.9 Å². The van der Waals surface area contributed by atoms with E-state index in [1.807, 2.05) is 24.3 Å². The number of aromatic nitrogens is 2. The Kier molecular flexibility index (Phi) is 3.86. The highest BCUT2D eigenvalue weighted by atomic mass is 79.9. The summed E-state index contributed by atoms with van der Waals surface area (Å²) in [6, 6.07) is 13.8. The number of hydrogen-bond acceptors (Lipinski definition) is 2. The van der Waals surface area contributed by atoms with Crippen molar-refractivity contribution in [3.63, 3.8) is 0 Å². The van der Waals surface area contributed by atoms with Crippen LogP contribution in [0.5, 0.6) is 0 Å². The molecule has 2 aromatic carbocycles. The summed E-state index contributed by atoms with van der Waals surface area (Å²) in [7, 11) is 0. The summed E-state index contributed by atoms with van der Waals surface area (Å²) >= 11 is 3.39. The normalized spacial score (nSPS) is 10.8. The van der Waals surface area contributed by atoms with Crippen LogP contribution in [-0.2, 0) is 6.61 Å². The molecule has 1 aromatic heterocycles. The van der Waals surface area contributed by atoms with Crippen molar-refractivity contribution in [3.8, 4) is 16.9 Å². The number of rotatable bonds is 3. The molecule has 0 atom stereocenters. The van der Waals surface area contributed by atoms with Crippen molar-refractivity contribution in [1.29, 1.82) is 0 Å². The third-order valence-electron chi connectivity index (χ3n) is 3.17.